The average molecular weight is 449 g/mol. The second-order valence-corrected chi connectivity index (χ2v) is 8.42. The highest BCUT2D eigenvalue weighted by Crippen LogP contribution is 2.38. The van der Waals surface area contributed by atoms with Crippen molar-refractivity contribution in [3.05, 3.63) is 59.6 Å². The molecule has 150 valence electrons. The Balaban J connectivity index is 1.75. The number of nitrogens with zero attached hydrogens (tertiary/aromatic N) is 2. The van der Waals surface area contributed by atoms with Gasteiger partial charge in [0.25, 0.3) is 0 Å². The summed E-state index contributed by atoms with van der Waals surface area (Å²) in [5.41, 5.74) is 1.06. The molecule has 1 heterocycles. The molecule has 0 N–H and O–H groups in total. The number of fused-ring (bicyclic) bond motifs is 2. The summed E-state index contributed by atoms with van der Waals surface area (Å²) in [5.74, 6) is 1.06. The molecule has 0 saturated carbocycles. The summed E-state index contributed by atoms with van der Waals surface area (Å²) in [6.45, 7) is -0.475. The second-order valence-electron chi connectivity index (χ2n) is 6.08. The third-order valence-electron chi connectivity index (χ3n) is 4.26. The quantitative estimate of drug-likeness (QED) is 0.322. The predicted molar refractivity (Wildman–Crippen MR) is 109 cm³/mol. The zero-order valence-electron chi connectivity index (χ0n) is 15.1. The molecule has 0 aliphatic carbocycles. The van der Waals surface area contributed by atoms with Crippen LogP contribution >= 0.6 is 31.2 Å². The Labute approximate surface area is 175 Å². The maximum absolute atomic E-state index is 10.9. The molecule has 0 amide bonds. The van der Waals surface area contributed by atoms with Crippen molar-refractivity contribution in [2.45, 2.75) is 11.9 Å². The van der Waals surface area contributed by atoms with Gasteiger partial charge in [0.2, 0.25) is 0 Å². The van der Waals surface area contributed by atoms with Gasteiger partial charge in [-0.05, 0) is 23.8 Å². The first kappa shape index (κ1) is 20.2. The van der Waals surface area contributed by atoms with Crippen molar-refractivity contribution < 1.29 is 23.6 Å². The van der Waals surface area contributed by atoms with E-state index in [4.69, 9.17) is 16.3 Å². The zero-order valence-corrected chi connectivity index (χ0v) is 17.5. The number of ether oxygens (including phenoxy) is 1. The van der Waals surface area contributed by atoms with E-state index in [0.717, 1.165) is 10.8 Å². The maximum atomic E-state index is 10.9. The molecular formula is C19H14ClN2O5PS-2. The third kappa shape index (κ3) is 4.28. The SMILES string of the molecule is CSc1nc2cc(Oc3cccc4ccccc34)c(Cl)cc2n1COP(=O)([O-])[O-]. The molecule has 0 atom stereocenters. The number of phosphoric ester groups is 1. The summed E-state index contributed by atoms with van der Waals surface area (Å²) in [6.07, 6.45) is 1.78. The molecule has 0 saturated heterocycles. The van der Waals surface area contributed by atoms with Crippen LogP contribution in [0.5, 0.6) is 11.5 Å². The van der Waals surface area contributed by atoms with Crippen LogP contribution in [0.1, 0.15) is 0 Å². The van der Waals surface area contributed by atoms with Crippen LogP contribution in [-0.2, 0) is 15.8 Å². The summed E-state index contributed by atoms with van der Waals surface area (Å²) in [4.78, 5) is 26.2. The lowest BCUT2D eigenvalue weighted by Gasteiger charge is -2.28. The Morgan fingerprint density at radius 3 is 2.66 bits per heavy atom. The summed E-state index contributed by atoms with van der Waals surface area (Å²) in [7, 11) is -5.12. The van der Waals surface area contributed by atoms with Crippen LogP contribution in [0.25, 0.3) is 21.8 Å². The van der Waals surface area contributed by atoms with Gasteiger partial charge in [-0.2, -0.15) is 0 Å². The molecule has 0 radical (unpaired) electrons. The molecule has 7 nitrogen and oxygen atoms in total. The van der Waals surface area contributed by atoms with E-state index in [0.29, 0.717) is 32.7 Å². The number of hydrogen-bond donors (Lipinski definition) is 0. The van der Waals surface area contributed by atoms with Crippen molar-refractivity contribution in [3.8, 4) is 11.5 Å². The topological polar surface area (TPSA) is 99.5 Å². The smallest absolute Gasteiger partial charge is 0.170 e. The first-order valence-electron chi connectivity index (χ1n) is 8.42. The van der Waals surface area contributed by atoms with E-state index in [-0.39, 0.29) is 0 Å². The van der Waals surface area contributed by atoms with Gasteiger partial charge in [-0.25, -0.2) is 4.98 Å². The fourth-order valence-electron chi connectivity index (χ4n) is 2.99. The van der Waals surface area contributed by atoms with Crippen LogP contribution in [-0.4, -0.2) is 15.8 Å². The molecule has 10 heteroatoms. The lowest BCUT2D eigenvalue weighted by Crippen LogP contribution is -2.18. The van der Waals surface area contributed by atoms with Crippen LogP contribution in [0.3, 0.4) is 0 Å². The minimum absolute atomic E-state index is 0.312. The number of hydrogen-bond acceptors (Lipinski definition) is 7. The van der Waals surface area contributed by atoms with Crippen LogP contribution in [0.4, 0.5) is 0 Å². The van der Waals surface area contributed by atoms with E-state index in [1.54, 1.807) is 18.4 Å². The molecule has 3 aromatic carbocycles. The van der Waals surface area contributed by atoms with Gasteiger partial charge in [-0.1, -0.05) is 59.8 Å². The van der Waals surface area contributed by atoms with E-state index >= 15 is 0 Å². The van der Waals surface area contributed by atoms with Crippen molar-refractivity contribution >= 4 is 53.0 Å². The first-order valence-corrected chi connectivity index (χ1v) is 11.5. The lowest BCUT2D eigenvalue weighted by molar-refractivity contribution is -0.344. The fraction of sp³-hybridized carbons (Fsp3) is 0.105. The lowest BCUT2D eigenvalue weighted by atomic mass is 10.1. The number of aromatic nitrogens is 2. The largest absolute Gasteiger partial charge is 0.790 e. The van der Waals surface area contributed by atoms with Gasteiger partial charge in [-0.15, -0.1) is 0 Å². The second kappa shape index (κ2) is 7.99. The summed E-state index contributed by atoms with van der Waals surface area (Å²) >= 11 is 7.71. The Kier molecular flexibility index (Phi) is 5.57. The van der Waals surface area contributed by atoms with Crippen molar-refractivity contribution in [3.63, 3.8) is 0 Å². The van der Waals surface area contributed by atoms with E-state index < -0.39 is 14.6 Å². The number of halogens is 1. The zero-order chi connectivity index (χ0) is 20.6. The molecule has 0 unspecified atom stereocenters. The van der Waals surface area contributed by atoms with Gasteiger partial charge < -0.3 is 23.6 Å². The molecule has 0 aliphatic rings. The van der Waals surface area contributed by atoms with Crippen molar-refractivity contribution in [2.75, 3.05) is 6.26 Å². The fourth-order valence-corrected chi connectivity index (χ4v) is 4.01. The van der Waals surface area contributed by atoms with Gasteiger partial charge >= 0.3 is 0 Å². The van der Waals surface area contributed by atoms with E-state index in [9.17, 15) is 14.4 Å². The van der Waals surface area contributed by atoms with Gasteiger partial charge in [0.05, 0.1) is 23.9 Å². The number of benzene rings is 3. The van der Waals surface area contributed by atoms with Crippen LogP contribution < -0.4 is 14.5 Å². The Bertz CT molecular complexity index is 1250. The summed E-state index contributed by atoms with van der Waals surface area (Å²) < 4.78 is 22.8. The minimum atomic E-state index is -5.12. The van der Waals surface area contributed by atoms with E-state index in [1.807, 2.05) is 42.5 Å². The molecule has 4 rings (SSSR count). The molecular weight excluding hydrogens is 435 g/mol. The molecule has 0 spiro atoms. The highest BCUT2D eigenvalue weighted by molar-refractivity contribution is 7.98. The summed E-state index contributed by atoms with van der Waals surface area (Å²) in [5, 5.41) is 2.77. The average Bonchev–Trinajstić information content (AvgIpc) is 3.03. The summed E-state index contributed by atoms with van der Waals surface area (Å²) in [6, 6.07) is 16.8. The van der Waals surface area contributed by atoms with E-state index in [2.05, 4.69) is 9.51 Å². The number of thioether (sulfide) groups is 1. The minimum Gasteiger partial charge on any atom is -0.790 e. The molecule has 1 aromatic heterocycles. The first-order chi connectivity index (χ1) is 13.9. The monoisotopic (exact) mass is 448 g/mol. The predicted octanol–water partition coefficient (Wildman–Crippen LogP) is 4.16. The normalized spacial score (nSPS) is 12.0. The van der Waals surface area contributed by atoms with Crippen LogP contribution in [0.2, 0.25) is 5.02 Å². The highest BCUT2D eigenvalue weighted by Gasteiger charge is 2.15. The molecule has 0 fully saturated rings. The van der Waals surface area contributed by atoms with Crippen molar-refractivity contribution in [1.82, 2.24) is 9.55 Å². The Morgan fingerprint density at radius 2 is 1.90 bits per heavy atom. The van der Waals surface area contributed by atoms with Crippen LogP contribution in [0, 0.1) is 0 Å². The molecule has 4 aromatic rings. The number of imidazole rings is 1. The van der Waals surface area contributed by atoms with Gasteiger partial charge in [0, 0.05) is 11.5 Å². The Morgan fingerprint density at radius 1 is 1.14 bits per heavy atom. The molecule has 29 heavy (non-hydrogen) atoms. The standard InChI is InChI=1S/C19H16ClN2O5PS/c1-29-19-21-15-10-18(14(20)9-16(15)22(19)11-26-28(23,24)25)27-17-8-4-6-12-5-2-3-7-13(12)17/h2-10H,11H2,1H3,(H2,23,24,25)/p-2. The maximum Gasteiger partial charge on any atom is 0.170 e. The highest BCUT2D eigenvalue weighted by atomic mass is 35.5. The number of rotatable bonds is 6. The van der Waals surface area contributed by atoms with Crippen LogP contribution in [0.15, 0.2) is 59.8 Å². The van der Waals surface area contributed by atoms with E-state index in [1.165, 1.54) is 16.3 Å². The van der Waals surface area contributed by atoms with Crippen molar-refractivity contribution in [1.29, 1.82) is 0 Å². The molecule has 0 bridgehead atoms. The van der Waals surface area contributed by atoms with Gasteiger partial charge in [-0.3, -0.25) is 4.57 Å². The van der Waals surface area contributed by atoms with Crippen molar-refractivity contribution in [2.24, 2.45) is 0 Å². The van der Waals surface area contributed by atoms with Gasteiger partial charge in [0.15, 0.2) is 5.16 Å². The Hall–Kier alpha value is -2.06. The molecule has 0 aliphatic heterocycles. The number of phosphoric acid groups is 1. The third-order valence-corrected chi connectivity index (χ3v) is 5.67. The van der Waals surface area contributed by atoms with Gasteiger partial charge in [0.1, 0.15) is 18.2 Å².